The van der Waals surface area contributed by atoms with Gasteiger partial charge in [-0.25, -0.2) is 0 Å². The number of aliphatic hydroxyl groups excluding tert-OH is 1. The average molecular weight is 210 g/mol. The molecular weight excluding hydrogens is 200 g/mol. The normalized spacial score (nSPS) is 13.0. The van der Waals surface area contributed by atoms with Crippen LogP contribution in [0.5, 0.6) is 0 Å². The van der Waals surface area contributed by atoms with Crippen LogP contribution < -0.4 is 0 Å². The van der Waals surface area contributed by atoms with E-state index in [2.05, 4.69) is 9.59 Å². The highest BCUT2D eigenvalue weighted by molar-refractivity contribution is 7.05. The van der Waals surface area contributed by atoms with Crippen molar-refractivity contribution < 1.29 is 9.52 Å². The van der Waals surface area contributed by atoms with E-state index in [1.54, 1.807) is 12.5 Å². The van der Waals surface area contributed by atoms with Gasteiger partial charge in [0.25, 0.3) is 0 Å². The van der Waals surface area contributed by atoms with Gasteiger partial charge in [0.15, 0.2) is 0 Å². The molecule has 0 saturated carbocycles. The van der Waals surface area contributed by atoms with Crippen molar-refractivity contribution in [1.82, 2.24) is 9.59 Å². The summed E-state index contributed by atoms with van der Waals surface area (Å²) in [5.74, 6) is 0. The van der Waals surface area contributed by atoms with Crippen LogP contribution >= 0.6 is 11.5 Å². The zero-order chi connectivity index (χ0) is 9.97. The molecule has 0 bridgehead atoms. The molecule has 0 amide bonds. The van der Waals surface area contributed by atoms with E-state index in [1.807, 2.05) is 13.0 Å². The predicted octanol–water partition coefficient (Wildman–Crippen LogP) is 1.72. The van der Waals surface area contributed by atoms with E-state index in [9.17, 15) is 5.11 Å². The standard InChI is InChI=1S/C9H10N2O2S/c1-6-9(14-11-10-6)8(12)4-7-2-3-13-5-7/h2-3,5,8,12H,4H2,1H3. The number of hydrogen-bond acceptors (Lipinski definition) is 5. The van der Waals surface area contributed by atoms with Crippen LogP contribution in [0.1, 0.15) is 22.2 Å². The van der Waals surface area contributed by atoms with Crippen LogP contribution in [-0.2, 0) is 6.42 Å². The van der Waals surface area contributed by atoms with Gasteiger partial charge in [-0.05, 0) is 30.1 Å². The van der Waals surface area contributed by atoms with Crippen molar-refractivity contribution in [3.8, 4) is 0 Å². The summed E-state index contributed by atoms with van der Waals surface area (Å²) >= 11 is 1.24. The maximum absolute atomic E-state index is 9.85. The fourth-order valence-corrected chi connectivity index (χ4v) is 1.90. The highest BCUT2D eigenvalue weighted by Gasteiger charge is 2.15. The predicted molar refractivity (Wildman–Crippen MR) is 52.0 cm³/mol. The minimum absolute atomic E-state index is 0.535. The fourth-order valence-electron chi connectivity index (χ4n) is 1.27. The largest absolute Gasteiger partial charge is 0.472 e. The Kier molecular flexibility index (Phi) is 2.60. The van der Waals surface area contributed by atoms with E-state index < -0.39 is 6.10 Å². The number of hydrogen-bond donors (Lipinski definition) is 1. The zero-order valence-corrected chi connectivity index (χ0v) is 8.49. The van der Waals surface area contributed by atoms with Crippen molar-refractivity contribution in [2.24, 2.45) is 0 Å². The van der Waals surface area contributed by atoms with Crippen molar-refractivity contribution in [2.45, 2.75) is 19.4 Å². The maximum Gasteiger partial charge on any atom is 0.0958 e. The van der Waals surface area contributed by atoms with Gasteiger partial charge in [-0.15, -0.1) is 5.10 Å². The topological polar surface area (TPSA) is 59.2 Å². The van der Waals surface area contributed by atoms with Gasteiger partial charge < -0.3 is 9.52 Å². The molecule has 5 heteroatoms. The van der Waals surface area contributed by atoms with Crippen molar-refractivity contribution >= 4 is 11.5 Å². The van der Waals surface area contributed by atoms with Crippen molar-refractivity contribution in [1.29, 1.82) is 0 Å². The lowest BCUT2D eigenvalue weighted by molar-refractivity contribution is 0.181. The van der Waals surface area contributed by atoms with Gasteiger partial charge in [-0.3, -0.25) is 0 Å². The summed E-state index contributed by atoms with van der Waals surface area (Å²) in [5.41, 5.74) is 1.77. The Labute approximate surface area is 85.4 Å². The van der Waals surface area contributed by atoms with E-state index in [0.717, 1.165) is 16.1 Å². The van der Waals surface area contributed by atoms with E-state index in [4.69, 9.17) is 4.42 Å². The van der Waals surface area contributed by atoms with Crippen LogP contribution in [0.2, 0.25) is 0 Å². The van der Waals surface area contributed by atoms with Crippen LogP contribution in [0.15, 0.2) is 23.0 Å². The third-order valence-corrected chi connectivity index (χ3v) is 2.93. The molecule has 0 fully saturated rings. The number of aliphatic hydroxyl groups is 1. The maximum atomic E-state index is 9.85. The van der Waals surface area contributed by atoms with Crippen LogP contribution in [0, 0.1) is 6.92 Å². The number of nitrogens with zero attached hydrogens (tertiary/aromatic N) is 2. The lowest BCUT2D eigenvalue weighted by atomic mass is 10.1. The van der Waals surface area contributed by atoms with Gasteiger partial charge in [-0.1, -0.05) is 4.49 Å². The third-order valence-electron chi connectivity index (χ3n) is 2.00. The molecule has 0 aromatic carbocycles. The molecule has 0 spiro atoms. The summed E-state index contributed by atoms with van der Waals surface area (Å²) in [6.45, 7) is 1.84. The van der Waals surface area contributed by atoms with Gasteiger partial charge in [0.05, 0.1) is 29.2 Å². The average Bonchev–Trinajstić information content (AvgIpc) is 2.75. The minimum atomic E-state index is -0.535. The lowest BCUT2D eigenvalue weighted by Gasteiger charge is -2.05. The van der Waals surface area contributed by atoms with E-state index in [0.29, 0.717) is 6.42 Å². The Bertz CT molecular complexity index is 397. The van der Waals surface area contributed by atoms with Crippen molar-refractivity contribution in [3.05, 3.63) is 34.7 Å². The summed E-state index contributed by atoms with van der Waals surface area (Å²) in [6.07, 6.45) is 3.24. The van der Waals surface area contributed by atoms with Crippen molar-refractivity contribution in [3.63, 3.8) is 0 Å². The fraction of sp³-hybridized carbons (Fsp3) is 0.333. The van der Waals surface area contributed by atoms with Crippen LogP contribution in [0.3, 0.4) is 0 Å². The SMILES string of the molecule is Cc1nnsc1C(O)Cc1ccoc1. The molecule has 2 aromatic rings. The summed E-state index contributed by atoms with van der Waals surface area (Å²) in [4.78, 5) is 0.825. The first-order valence-corrected chi connectivity index (χ1v) is 5.02. The molecular formula is C9H10N2O2S. The Morgan fingerprint density at radius 2 is 2.50 bits per heavy atom. The van der Waals surface area contributed by atoms with Gasteiger partial charge in [-0.2, -0.15) is 0 Å². The molecule has 2 heterocycles. The molecule has 2 rings (SSSR count). The third kappa shape index (κ3) is 1.83. The van der Waals surface area contributed by atoms with Gasteiger partial charge >= 0.3 is 0 Å². The van der Waals surface area contributed by atoms with Crippen molar-refractivity contribution in [2.75, 3.05) is 0 Å². The molecule has 0 aliphatic rings. The summed E-state index contributed by atoms with van der Waals surface area (Å²) in [5, 5.41) is 13.7. The second kappa shape index (κ2) is 3.89. The van der Waals surface area contributed by atoms with Gasteiger partial charge in [0.1, 0.15) is 0 Å². The van der Waals surface area contributed by atoms with Gasteiger partial charge in [0, 0.05) is 6.42 Å². The summed E-state index contributed by atoms with van der Waals surface area (Å²) in [7, 11) is 0. The Hall–Kier alpha value is -1.20. The van der Waals surface area contributed by atoms with Crippen LogP contribution in [-0.4, -0.2) is 14.7 Å². The molecule has 0 radical (unpaired) electrons. The molecule has 0 saturated heterocycles. The second-order valence-electron chi connectivity index (χ2n) is 3.07. The molecule has 1 atom stereocenters. The smallest absolute Gasteiger partial charge is 0.0958 e. The summed E-state index contributed by atoms with van der Waals surface area (Å²) < 4.78 is 8.70. The first-order chi connectivity index (χ1) is 6.77. The van der Waals surface area contributed by atoms with E-state index >= 15 is 0 Å². The Morgan fingerprint density at radius 1 is 1.64 bits per heavy atom. The number of aromatic nitrogens is 2. The molecule has 2 aromatic heterocycles. The second-order valence-corrected chi connectivity index (χ2v) is 3.86. The van der Waals surface area contributed by atoms with E-state index in [-0.39, 0.29) is 0 Å². The minimum Gasteiger partial charge on any atom is -0.472 e. The number of rotatable bonds is 3. The number of furan rings is 1. The molecule has 1 N–H and O–H groups in total. The highest BCUT2D eigenvalue weighted by atomic mass is 32.1. The molecule has 0 aliphatic heterocycles. The van der Waals surface area contributed by atoms with Crippen LogP contribution in [0.4, 0.5) is 0 Å². The molecule has 1 unspecified atom stereocenters. The zero-order valence-electron chi connectivity index (χ0n) is 7.67. The molecule has 74 valence electrons. The lowest BCUT2D eigenvalue weighted by Crippen LogP contribution is -2.00. The molecule has 0 aliphatic carbocycles. The Morgan fingerprint density at radius 3 is 3.07 bits per heavy atom. The first kappa shape index (κ1) is 9.36. The van der Waals surface area contributed by atoms with E-state index in [1.165, 1.54) is 11.5 Å². The first-order valence-electron chi connectivity index (χ1n) is 4.25. The Balaban J connectivity index is 2.10. The highest BCUT2D eigenvalue weighted by Crippen LogP contribution is 2.23. The number of aryl methyl sites for hydroxylation is 1. The summed E-state index contributed by atoms with van der Waals surface area (Å²) in [6, 6.07) is 1.84. The monoisotopic (exact) mass is 210 g/mol. The molecule has 14 heavy (non-hydrogen) atoms. The van der Waals surface area contributed by atoms with Crippen LogP contribution in [0.25, 0.3) is 0 Å². The quantitative estimate of drug-likeness (QED) is 0.837. The molecule has 4 nitrogen and oxygen atoms in total. The van der Waals surface area contributed by atoms with Gasteiger partial charge in [0.2, 0.25) is 0 Å².